The van der Waals surface area contributed by atoms with Crippen molar-refractivity contribution in [2.75, 3.05) is 39.3 Å². The number of likely N-dealkylation sites (N-methyl/N-ethyl adjacent to an activating group) is 1. The molecule has 0 spiro atoms. The molecule has 0 aromatic rings. The van der Waals surface area contributed by atoms with Gasteiger partial charge in [-0.05, 0) is 44.2 Å². The van der Waals surface area contributed by atoms with Crippen LogP contribution >= 0.6 is 0 Å². The van der Waals surface area contributed by atoms with Crippen molar-refractivity contribution >= 4 is 0 Å². The molecule has 3 heteroatoms. The SMILES string of the molecule is CCN1CCN(CC2(CN)CCC(C)CC2)CC1C. The van der Waals surface area contributed by atoms with Crippen molar-refractivity contribution in [1.29, 1.82) is 0 Å². The Bertz CT molecular complexity index is 271. The van der Waals surface area contributed by atoms with Crippen molar-refractivity contribution in [2.24, 2.45) is 17.1 Å². The Morgan fingerprint density at radius 1 is 1.16 bits per heavy atom. The summed E-state index contributed by atoms with van der Waals surface area (Å²) in [5.74, 6) is 0.913. The molecule has 1 saturated heterocycles. The number of hydrogen-bond acceptors (Lipinski definition) is 3. The smallest absolute Gasteiger partial charge is 0.0195 e. The van der Waals surface area contributed by atoms with E-state index in [2.05, 4.69) is 30.6 Å². The van der Waals surface area contributed by atoms with Crippen LogP contribution in [0.15, 0.2) is 0 Å². The highest BCUT2D eigenvalue weighted by Gasteiger charge is 2.36. The van der Waals surface area contributed by atoms with Crippen molar-refractivity contribution in [3.8, 4) is 0 Å². The van der Waals surface area contributed by atoms with Crippen LogP contribution in [0.2, 0.25) is 0 Å². The maximum atomic E-state index is 6.15. The van der Waals surface area contributed by atoms with E-state index in [1.54, 1.807) is 0 Å². The molecular formula is C16H33N3. The maximum absolute atomic E-state index is 6.15. The van der Waals surface area contributed by atoms with Gasteiger partial charge in [0.15, 0.2) is 0 Å². The molecule has 2 N–H and O–H groups in total. The van der Waals surface area contributed by atoms with E-state index in [1.165, 1.54) is 58.4 Å². The monoisotopic (exact) mass is 267 g/mol. The molecule has 19 heavy (non-hydrogen) atoms. The molecule has 2 fully saturated rings. The van der Waals surface area contributed by atoms with E-state index in [4.69, 9.17) is 5.73 Å². The van der Waals surface area contributed by atoms with Crippen LogP contribution in [0.3, 0.4) is 0 Å². The fourth-order valence-electron chi connectivity index (χ4n) is 3.96. The van der Waals surface area contributed by atoms with Gasteiger partial charge < -0.3 is 5.73 Å². The molecule has 3 nitrogen and oxygen atoms in total. The molecule has 1 aliphatic heterocycles. The van der Waals surface area contributed by atoms with Gasteiger partial charge in [0.05, 0.1) is 0 Å². The number of nitrogens with zero attached hydrogens (tertiary/aromatic N) is 2. The molecule has 0 amide bonds. The quantitative estimate of drug-likeness (QED) is 0.847. The Morgan fingerprint density at radius 2 is 1.84 bits per heavy atom. The summed E-state index contributed by atoms with van der Waals surface area (Å²) in [6.45, 7) is 14.0. The van der Waals surface area contributed by atoms with Gasteiger partial charge in [-0.1, -0.05) is 26.7 Å². The fourth-order valence-corrected chi connectivity index (χ4v) is 3.96. The lowest BCUT2D eigenvalue weighted by Gasteiger charge is -2.46. The summed E-state index contributed by atoms with van der Waals surface area (Å²) in [7, 11) is 0. The second-order valence-electron chi connectivity index (χ2n) is 7.10. The van der Waals surface area contributed by atoms with Crippen LogP contribution in [0, 0.1) is 11.3 Å². The summed E-state index contributed by atoms with van der Waals surface area (Å²) in [5.41, 5.74) is 6.57. The molecule has 1 atom stereocenters. The summed E-state index contributed by atoms with van der Waals surface area (Å²) in [6.07, 6.45) is 5.43. The highest BCUT2D eigenvalue weighted by molar-refractivity contribution is 4.90. The zero-order chi connectivity index (χ0) is 13.9. The third-order valence-corrected chi connectivity index (χ3v) is 5.58. The summed E-state index contributed by atoms with van der Waals surface area (Å²) < 4.78 is 0. The van der Waals surface area contributed by atoms with E-state index < -0.39 is 0 Å². The predicted molar refractivity (Wildman–Crippen MR) is 82.3 cm³/mol. The molecule has 112 valence electrons. The van der Waals surface area contributed by atoms with E-state index in [-0.39, 0.29) is 0 Å². The van der Waals surface area contributed by atoms with Gasteiger partial charge in [0.25, 0.3) is 0 Å². The number of piperazine rings is 1. The van der Waals surface area contributed by atoms with Gasteiger partial charge in [-0.25, -0.2) is 0 Å². The van der Waals surface area contributed by atoms with Gasteiger partial charge in [-0.2, -0.15) is 0 Å². The van der Waals surface area contributed by atoms with E-state index >= 15 is 0 Å². The topological polar surface area (TPSA) is 32.5 Å². The van der Waals surface area contributed by atoms with Crippen molar-refractivity contribution in [1.82, 2.24) is 9.80 Å². The molecule has 2 rings (SSSR count). The van der Waals surface area contributed by atoms with Crippen LogP contribution < -0.4 is 5.73 Å². The molecular weight excluding hydrogens is 234 g/mol. The first-order valence-electron chi connectivity index (χ1n) is 8.25. The average molecular weight is 267 g/mol. The molecule has 0 bridgehead atoms. The number of nitrogens with two attached hydrogens (primary N) is 1. The zero-order valence-corrected chi connectivity index (χ0v) is 13.2. The third kappa shape index (κ3) is 3.71. The molecule has 1 heterocycles. The van der Waals surface area contributed by atoms with E-state index in [0.717, 1.165) is 12.5 Å². The van der Waals surface area contributed by atoms with Gasteiger partial charge in [0, 0.05) is 32.2 Å². The second kappa shape index (κ2) is 6.55. The lowest BCUT2D eigenvalue weighted by atomic mass is 9.70. The van der Waals surface area contributed by atoms with Crippen molar-refractivity contribution in [3.05, 3.63) is 0 Å². The third-order valence-electron chi connectivity index (χ3n) is 5.58. The normalized spacial score (nSPS) is 38.5. The molecule has 1 unspecified atom stereocenters. The Labute approximate surface area is 119 Å². The summed E-state index contributed by atoms with van der Waals surface area (Å²) in [4.78, 5) is 5.27. The van der Waals surface area contributed by atoms with Gasteiger partial charge in [-0.3, -0.25) is 9.80 Å². The predicted octanol–water partition coefficient (Wildman–Crippen LogP) is 2.17. The second-order valence-corrected chi connectivity index (χ2v) is 7.10. The molecule has 0 aromatic heterocycles. The van der Waals surface area contributed by atoms with Crippen molar-refractivity contribution in [3.63, 3.8) is 0 Å². The number of hydrogen-bond donors (Lipinski definition) is 1. The molecule has 0 aromatic carbocycles. The van der Waals surface area contributed by atoms with Crippen LogP contribution in [-0.2, 0) is 0 Å². The minimum atomic E-state index is 0.417. The van der Waals surface area contributed by atoms with Gasteiger partial charge >= 0.3 is 0 Å². The first kappa shape index (κ1) is 15.3. The zero-order valence-electron chi connectivity index (χ0n) is 13.2. The standard InChI is InChI=1S/C16H33N3/c1-4-19-10-9-18(11-15(19)3)13-16(12-17)7-5-14(2)6-8-16/h14-15H,4-13,17H2,1-3H3. The first-order valence-corrected chi connectivity index (χ1v) is 8.25. The van der Waals surface area contributed by atoms with Crippen LogP contribution in [0.25, 0.3) is 0 Å². The van der Waals surface area contributed by atoms with Crippen LogP contribution in [0.1, 0.15) is 46.5 Å². The fraction of sp³-hybridized carbons (Fsp3) is 1.00. The molecule has 2 aliphatic rings. The first-order chi connectivity index (χ1) is 9.08. The minimum Gasteiger partial charge on any atom is -0.330 e. The van der Waals surface area contributed by atoms with Crippen LogP contribution in [0.5, 0.6) is 0 Å². The Morgan fingerprint density at radius 3 is 2.37 bits per heavy atom. The lowest BCUT2D eigenvalue weighted by molar-refractivity contribution is 0.0363. The lowest BCUT2D eigenvalue weighted by Crippen LogP contribution is -2.55. The van der Waals surface area contributed by atoms with E-state index in [1.807, 2.05) is 0 Å². The molecule has 1 aliphatic carbocycles. The highest BCUT2D eigenvalue weighted by atomic mass is 15.3. The van der Waals surface area contributed by atoms with E-state index in [0.29, 0.717) is 11.5 Å². The maximum Gasteiger partial charge on any atom is 0.0195 e. The Kier molecular flexibility index (Phi) is 5.27. The van der Waals surface area contributed by atoms with Crippen LogP contribution in [0.4, 0.5) is 0 Å². The Balaban J connectivity index is 1.89. The molecule has 0 radical (unpaired) electrons. The van der Waals surface area contributed by atoms with Gasteiger partial charge in [0.1, 0.15) is 0 Å². The summed E-state index contributed by atoms with van der Waals surface area (Å²) >= 11 is 0. The van der Waals surface area contributed by atoms with Crippen LogP contribution in [-0.4, -0.2) is 55.1 Å². The van der Waals surface area contributed by atoms with Crippen molar-refractivity contribution < 1.29 is 0 Å². The average Bonchev–Trinajstić information content (AvgIpc) is 2.42. The van der Waals surface area contributed by atoms with Gasteiger partial charge in [-0.15, -0.1) is 0 Å². The summed E-state index contributed by atoms with van der Waals surface area (Å²) in [6, 6.07) is 0.705. The minimum absolute atomic E-state index is 0.417. The summed E-state index contributed by atoms with van der Waals surface area (Å²) in [5, 5.41) is 0. The van der Waals surface area contributed by atoms with E-state index in [9.17, 15) is 0 Å². The number of rotatable bonds is 4. The molecule has 1 saturated carbocycles. The highest BCUT2D eigenvalue weighted by Crippen LogP contribution is 2.39. The largest absolute Gasteiger partial charge is 0.330 e. The van der Waals surface area contributed by atoms with Gasteiger partial charge in [0.2, 0.25) is 0 Å². The van der Waals surface area contributed by atoms with Crippen molar-refractivity contribution in [2.45, 2.75) is 52.5 Å². The Hall–Kier alpha value is -0.120.